The third-order valence-electron chi connectivity index (χ3n) is 5.25. The molecule has 2 aromatic rings. The molecule has 2 heterocycles. The molecule has 0 bridgehead atoms. The van der Waals surface area contributed by atoms with Crippen molar-refractivity contribution in [2.45, 2.75) is 43.6 Å². The molecule has 1 aliphatic carbocycles. The van der Waals surface area contributed by atoms with Crippen LogP contribution in [-0.4, -0.2) is 63.3 Å². The van der Waals surface area contributed by atoms with E-state index in [1.165, 1.54) is 0 Å². The zero-order valence-corrected chi connectivity index (χ0v) is 14.5. The number of aromatic nitrogens is 2. The molecule has 1 amide bonds. The van der Waals surface area contributed by atoms with Crippen LogP contribution in [0.25, 0.3) is 0 Å². The lowest BCUT2D eigenvalue weighted by Crippen LogP contribution is -2.52. The zero-order valence-electron chi connectivity index (χ0n) is 14.5. The van der Waals surface area contributed by atoms with E-state index in [-0.39, 0.29) is 29.9 Å². The first-order chi connectivity index (χ1) is 12.7. The minimum atomic E-state index is -0.657. The number of hydrogen-bond acceptors (Lipinski definition) is 5. The fraction of sp³-hybridized carbons (Fsp3) is 0.474. The third kappa shape index (κ3) is 3.45. The number of H-pyrrole nitrogens is 1. The topological polar surface area (TPSA) is 90.5 Å². The maximum atomic E-state index is 12.4. The van der Waals surface area contributed by atoms with Crippen LogP contribution in [0.15, 0.2) is 42.7 Å². The summed E-state index contributed by atoms with van der Waals surface area (Å²) in [6.07, 6.45) is 4.96. The summed E-state index contributed by atoms with van der Waals surface area (Å²) in [6, 6.07) is 9.17. The van der Waals surface area contributed by atoms with Crippen LogP contribution >= 0.6 is 0 Å². The number of aliphatic hydroxyl groups excluding tert-OH is 1. The smallest absolute Gasteiger partial charge is 0.287 e. The highest BCUT2D eigenvalue weighted by Gasteiger charge is 2.48. The van der Waals surface area contributed by atoms with Gasteiger partial charge in [0.25, 0.3) is 5.91 Å². The van der Waals surface area contributed by atoms with E-state index in [2.05, 4.69) is 20.2 Å². The van der Waals surface area contributed by atoms with Crippen LogP contribution in [0.2, 0.25) is 0 Å². The minimum Gasteiger partial charge on any atom is -0.488 e. The normalized spacial score (nSPS) is 29.0. The van der Waals surface area contributed by atoms with Crippen LogP contribution in [0.5, 0.6) is 5.75 Å². The summed E-state index contributed by atoms with van der Waals surface area (Å²) in [7, 11) is 0. The fourth-order valence-electron chi connectivity index (χ4n) is 4.06. The highest BCUT2D eigenvalue weighted by molar-refractivity contribution is 5.90. The lowest BCUT2D eigenvalue weighted by Gasteiger charge is -2.31. The van der Waals surface area contributed by atoms with E-state index in [9.17, 15) is 9.90 Å². The maximum Gasteiger partial charge on any atom is 0.287 e. The van der Waals surface area contributed by atoms with Crippen molar-refractivity contribution in [1.82, 2.24) is 20.2 Å². The molecular weight excluding hydrogens is 332 g/mol. The molecule has 0 radical (unpaired) electrons. The summed E-state index contributed by atoms with van der Waals surface area (Å²) < 4.78 is 6.03. The first-order valence-electron chi connectivity index (χ1n) is 9.16. The van der Waals surface area contributed by atoms with E-state index in [0.717, 1.165) is 31.7 Å². The second kappa shape index (κ2) is 7.47. The second-order valence-corrected chi connectivity index (χ2v) is 6.95. The van der Waals surface area contributed by atoms with Gasteiger partial charge < -0.3 is 20.1 Å². The molecule has 1 aromatic heterocycles. The van der Waals surface area contributed by atoms with Gasteiger partial charge in [0, 0.05) is 18.8 Å². The summed E-state index contributed by atoms with van der Waals surface area (Å²) in [5.41, 5.74) is 0. The molecule has 138 valence electrons. The number of aliphatic hydroxyl groups is 1. The predicted octanol–water partition coefficient (Wildman–Crippen LogP) is 1.18. The molecular formula is C19H24N4O3. The second-order valence-electron chi connectivity index (χ2n) is 6.95. The molecule has 1 saturated carbocycles. The number of nitrogens with one attached hydrogen (secondary N) is 2. The fourth-order valence-corrected chi connectivity index (χ4v) is 4.06. The number of hydrogen-bond donors (Lipinski definition) is 3. The Hall–Kier alpha value is -2.38. The summed E-state index contributed by atoms with van der Waals surface area (Å²) in [4.78, 5) is 21.6. The summed E-state index contributed by atoms with van der Waals surface area (Å²) >= 11 is 0. The Balaban J connectivity index is 1.51. The first kappa shape index (κ1) is 17.1. The van der Waals surface area contributed by atoms with Crippen LogP contribution in [0, 0.1) is 0 Å². The van der Waals surface area contributed by atoms with Crippen LogP contribution < -0.4 is 10.1 Å². The Morgan fingerprint density at radius 3 is 2.73 bits per heavy atom. The van der Waals surface area contributed by atoms with Gasteiger partial charge in [-0.05, 0) is 38.1 Å². The number of carbonyl (C=O) groups is 1. The summed E-state index contributed by atoms with van der Waals surface area (Å²) in [5, 5.41) is 14.0. The van der Waals surface area contributed by atoms with Crippen molar-refractivity contribution < 1.29 is 14.6 Å². The van der Waals surface area contributed by atoms with Gasteiger partial charge in [0.05, 0.1) is 12.1 Å². The molecule has 2 fully saturated rings. The third-order valence-corrected chi connectivity index (χ3v) is 5.25. The van der Waals surface area contributed by atoms with E-state index >= 15 is 0 Å². The van der Waals surface area contributed by atoms with Crippen molar-refractivity contribution >= 4 is 5.91 Å². The average molecular weight is 356 g/mol. The van der Waals surface area contributed by atoms with Gasteiger partial charge in [-0.2, -0.15) is 0 Å². The average Bonchev–Trinajstić information content (AvgIpc) is 3.39. The molecule has 0 spiro atoms. The van der Waals surface area contributed by atoms with E-state index in [4.69, 9.17) is 4.74 Å². The largest absolute Gasteiger partial charge is 0.488 e. The maximum absolute atomic E-state index is 12.4. The van der Waals surface area contributed by atoms with Crippen LogP contribution in [-0.2, 0) is 0 Å². The Kier molecular flexibility index (Phi) is 4.90. The lowest BCUT2D eigenvalue weighted by molar-refractivity contribution is 0.0139. The Labute approximate surface area is 152 Å². The molecule has 2 aliphatic rings. The van der Waals surface area contributed by atoms with Crippen molar-refractivity contribution in [3.05, 3.63) is 48.5 Å². The van der Waals surface area contributed by atoms with E-state index < -0.39 is 6.10 Å². The number of imidazole rings is 1. The molecule has 3 N–H and O–H groups in total. The number of carbonyl (C=O) groups excluding carboxylic acids is 1. The van der Waals surface area contributed by atoms with Crippen molar-refractivity contribution in [2.24, 2.45) is 0 Å². The van der Waals surface area contributed by atoms with Crippen LogP contribution in [0.3, 0.4) is 0 Å². The van der Waals surface area contributed by atoms with Crippen LogP contribution in [0.1, 0.15) is 29.9 Å². The van der Waals surface area contributed by atoms with Gasteiger partial charge in [-0.25, -0.2) is 4.98 Å². The van der Waals surface area contributed by atoms with Crippen LogP contribution in [0.4, 0.5) is 0 Å². The van der Waals surface area contributed by atoms with Gasteiger partial charge >= 0.3 is 0 Å². The van der Waals surface area contributed by atoms with Gasteiger partial charge in [0.2, 0.25) is 0 Å². The molecule has 0 unspecified atom stereocenters. The standard InChI is InChI=1S/C19H24N4O3/c24-17-15(26-13-6-2-1-3-7-13)12-14(16(17)23-10-4-5-11-23)22-19(25)18-20-8-9-21-18/h1-3,6-9,14-17,24H,4-5,10-12H2,(H,20,21)(H,22,25)/t14-,15-,16+,17+/m1/s1. The Bertz CT molecular complexity index is 716. The number of para-hydroxylation sites is 1. The quantitative estimate of drug-likeness (QED) is 0.749. The lowest BCUT2D eigenvalue weighted by atomic mass is 10.1. The predicted molar refractivity (Wildman–Crippen MR) is 95.9 cm³/mol. The van der Waals surface area contributed by atoms with Crippen molar-refractivity contribution in [1.29, 1.82) is 0 Å². The molecule has 1 aromatic carbocycles. The van der Waals surface area contributed by atoms with Crippen molar-refractivity contribution in [2.75, 3.05) is 13.1 Å². The molecule has 26 heavy (non-hydrogen) atoms. The van der Waals surface area contributed by atoms with Gasteiger partial charge in [-0.3, -0.25) is 9.69 Å². The minimum absolute atomic E-state index is 0.148. The van der Waals surface area contributed by atoms with Crippen molar-refractivity contribution in [3.63, 3.8) is 0 Å². The van der Waals surface area contributed by atoms with Gasteiger partial charge in [0.15, 0.2) is 5.82 Å². The Morgan fingerprint density at radius 1 is 1.27 bits per heavy atom. The first-order valence-corrected chi connectivity index (χ1v) is 9.16. The SMILES string of the molecule is O=C(N[C@@H]1C[C@@H](Oc2ccccc2)[C@H](O)[C@H]1N1CCCC1)c1ncc[nH]1. The van der Waals surface area contributed by atoms with Gasteiger partial charge in [0.1, 0.15) is 18.0 Å². The number of aromatic amines is 1. The highest BCUT2D eigenvalue weighted by Crippen LogP contribution is 2.31. The molecule has 7 heteroatoms. The number of rotatable bonds is 5. The summed E-state index contributed by atoms with van der Waals surface area (Å²) in [6.45, 7) is 1.87. The number of nitrogens with zero attached hydrogens (tertiary/aromatic N) is 2. The molecule has 7 nitrogen and oxygen atoms in total. The van der Waals surface area contributed by atoms with Gasteiger partial charge in [-0.1, -0.05) is 18.2 Å². The van der Waals surface area contributed by atoms with Gasteiger partial charge in [-0.15, -0.1) is 0 Å². The number of benzene rings is 1. The molecule has 4 rings (SSSR count). The van der Waals surface area contributed by atoms with E-state index in [0.29, 0.717) is 6.42 Å². The number of amides is 1. The Morgan fingerprint density at radius 2 is 2.04 bits per heavy atom. The highest BCUT2D eigenvalue weighted by atomic mass is 16.5. The number of ether oxygens (including phenoxy) is 1. The van der Waals surface area contributed by atoms with Crippen molar-refractivity contribution in [3.8, 4) is 5.75 Å². The van der Waals surface area contributed by atoms with E-state index in [1.807, 2.05) is 30.3 Å². The molecule has 1 saturated heterocycles. The number of likely N-dealkylation sites (tertiary alicyclic amines) is 1. The summed E-state index contributed by atoms with van der Waals surface area (Å²) in [5.74, 6) is 0.763. The molecule has 1 aliphatic heterocycles. The monoisotopic (exact) mass is 356 g/mol. The van der Waals surface area contributed by atoms with E-state index in [1.54, 1.807) is 12.4 Å². The molecule has 4 atom stereocenters. The zero-order chi connectivity index (χ0) is 17.9.